The van der Waals surface area contributed by atoms with Crippen molar-refractivity contribution in [3.05, 3.63) is 15.0 Å². The number of aromatic nitrogens is 2. The number of hydrogen-bond acceptors (Lipinski definition) is 2. The summed E-state index contributed by atoms with van der Waals surface area (Å²) >= 11 is 6.85. The average molecular weight is 370 g/mol. The first-order valence-corrected chi connectivity index (χ1v) is 10.6. The molecule has 0 aromatic carbocycles. The third-order valence-corrected chi connectivity index (χ3v) is 5.87. The Bertz CT molecular complexity index is 360. The second kappa shape index (κ2) is 5.80. The molecule has 16 heavy (non-hydrogen) atoms. The molecule has 0 fully saturated rings. The van der Waals surface area contributed by atoms with Gasteiger partial charge in [0.25, 0.3) is 0 Å². The third kappa shape index (κ3) is 4.31. The van der Waals surface area contributed by atoms with E-state index in [0.29, 0.717) is 6.73 Å². The van der Waals surface area contributed by atoms with E-state index in [1.165, 1.54) is 6.04 Å². The topological polar surface area (TPSA) is 27.1 Å². The van der Waals surface area contributed by atoms with Gasteiger partial charge >= 0.3 is 0 Å². The molecule has 1 aromatic rings. The Balaban J connectivity index is 2.43. The Hall–Kier alpha value is 0.347. The number of imidazole rings is 1. The van der Waals surface area contributed by atoms with Gasteiger partial charge in [0.2, 0.25) is 0 Å². The smallest absolute Gasteiger partial charge is 0.139 e. The largest absolute Gasteiger partial charge is 0.361 e. The van der Waals surface area contributed by atoms with E-state index in [9.17, 15) is 0 Å². The molecule has 0 atom stereocenters. The summed E-state index contributed by atoms with van der Waals surface area (Å²) in [6.45, 7) is 10.4. The quantitative estimate of drug-likeness (QED) is 0.578. The first-order chi connectivity index (χ1) is 7.31. The van der Waals surface area contributed by atoms with Crippen molar-refractivity contribution in [1.82, 2.24) is 9.55 Å². The summed E-state index contributed by atoms with van der Waals surface area (Å²) in [5.74, 6) is 0.951. The standard InChI is InChI=1S/C10H18Br2N2OSi/c1-8-13-9(11)10(12)14(8)7-15-5-6-16(2,3)4/h5-7H2,1-4H3. The van der Waals surface area contributed by atoms with Gasteiger partial charge in [0.05, 0.1) is 0 Å². The lowest BCUT2D eigenvalue weighted by atomic mass is 10.7. The molecule has 0 N–H and O–H groups in total. The summed E-state index contributed by atoms with van der Waals surface area (Å²) < 4.78 is 9.46. The Morgan fingerprint density at radius 3 is 2.38 bits per heavy atom. The van der Waals surface area contributed by atoms with Gasteiger partial charge in [-0.3, -0.25) is 4.57 Å². The van der Waals surface area contributed by atoms with Crippen LogP contribution < -0.4 is 0 Å². The second-order valence-corrected chi connectivity index (χ2v) is 12.1. The number of nitrogens with zero attached hydrogens (tertiary/aromatic N) is 2. The summed E-state index contributed by atoms with van der Waals surface area (Å²) in [5.41, 5.74) is 0. The van der Waals surface area contributed by atoms with Gasteiger partial charge in [0, 0.05) is 14.7 Å². The van der Waals surface area contributed by atoms with Crippen LogP contribution in [0.1, 0.15) is 5.82 Å². The maximum Gasteiger partial charge on any atom is 0.139 e. The fourth-order valence-electron chi connectivity index (χ4n) is 1.19. The van der Waals surface area contributed by atoms with E-state index in [4.69, 9.17) is 4.74 Å². The van der Waals surface area contributed by atoms with Crippen LogP contribution in [0.15, 0.2) is 9.21 Å². The van der Waals surface area contributed by atoms with E-state index >= 15 is 0 Å². The number of rotatable bonds is 5. The van der Waals surface area contributed by atoms with E-state index in [2.05, 4.69) is 56.5 Å². The van der Waals surface area contributed by atoms with Crippen molar-refractivity contribution >= 4 is 39.9 Å². The summed E-state index contributed by atoms with van der Waals surface area (Å²) in [7, 11) is -0.988. The average Bonchev–Trinajstić information content (AvgIpc) is 2.36. The van der Waals surface area contributed by atoms with Crippen molar-refractivity contribution in [1.29, 1.82) is 0 Å². The number of ether oxygens (including phenoxy) is 1. The van der Waals surface area contributed by atoms with E-state index in [-0.39, 0.29) is 0 Å². The molecule has 0 saturated heterocycles. The van der Waals surface area contributed by atoms with Crippen LogP contribution in [0.2, 0.25) is 25.7 Å². The maximum atomic E-state index is 5.68. The van der Waals surface area contributed by atoms with Crippen molar-refractivity contribution in [2.75, 3.05) is 6.61 Å². The highest BCUT2D eigenvalue weighted by Crippen LogP contribution is 2.23. The zero-order valence-corrected chi connectivity index (χ0v) is 14.4. The molecular formula is C10H18Br2N2OSi. The minimum atomic E-state index is -0.988. The van der Waals surface area contributed by atoms with Crippen molar-refractivity contribution in [2.24, 2.45) is 0 Å². The van der Waals surface area contributed by atoms with E-state index in [0.717, 1.165) is 21.6 Å². The second-order valence-electron chi connectivity index (χ2n) is 5.02. The number of hydrogen-bond donors (Lipinski definition) is 0. The van der Waals surface area contributed by atoms with Crippen LogP contribution in [0, 0.1) is 6.92 Å². The molecule has 0 aliphatic rings. The Kier molecular flexibility index (Phi) is 5.22. The van der Waals surface area contributed by atoms with E-state index < -0.39 is 8.07 Å². The lowest BCUT2D eigenvalue weighted by Gasteiger charge is -2.16. The normalized spacial score (nSPS) is 12.1. The van der Waals surface area contributed by atoms with Crippen LogP contribution in [0.25, 0.3) is 0 Å². The van der Waals surface area contributed by atoms with Gasteiger partial charge in [0.1, 0.15) is 21.8 Å². The molecule has 1 heterocycles. The molecule has 0 aliphatic carbocycles. The van der Waals surface area contributed by atoms with Gasteiger partial charge in [-0.15, -0.1) is 0 Å². The maximum absolute atomic E-state index is 5.68. The van der Waals surface area contributed by atoms with Crippen LogP contribution in [0.5, 0.6) is 0 Å². The highest BCUT2D eigenvalue weighted by molar-refractivity contribution is 9.13. The molecule has 0 bridgehead atoms. The fourth-order valence-corrected chi connectivity index (χ4v) is 2.86. The Labute approximate surface area is 115 Å². The monoisotopic (exact) mass is 368 g/mol. The van der Waals surface area contributed by atoms with Gasteiger partial charge in [0.15, 0.2) is 0 Å². The molecule has 1 rings (SSSR count). The summed E-state index contributed by atoms with van der Waals surface area (Å²) in [4.78, 5) is 4.30. The minimum absolute atomic E-state index is 0.565. The first-order valence-electron chi connectivity index (χ1n) is 5.27. The van der Waals surface area contributed by atoms with Crippen molar-refractivity contribution in [2.45, 2.75) is 39.3 Å². The lowest BCUT2D eigenvalue weighted by Crippen LogP contribution is -2.22. The Morgan fingerprint density at radius 1 is 1.31 bits per heavy atom. The van der Waals surface area contributed by atoms with Gasteiger partial charge in [-0.25, -0.2) is 4.98 Å². The van der Waals surface area contributed by atoms with E-state index in [1.807, 2.05) is 11.5 Å². The molecule has 0 radical (unpaired) electrons. The zero-order chi connectivity index (χ0) is 12.3. The van der Waals surface area contributed by atoms with Crippen molar-refractivity contribution in [3.8, 4) is 0 Å². The Morgan fingerprint density at radius 2 is 1.94 bits per heavy atom. The molecule has 3 nitrogen and oxygen atoms in total. The fraction of sp³-hybridized carbons (Fsp3) is 0.700. The molecule has 0 saturated carbocycles. The van der Waals surface area contributed by atoms with Gasteiger partial charge in [-0.2, -0.15) is 0 Å². The van der Waals surface area contributed by atoms with Crippen LogP contribution in [0.4, 0.5) is 0 Å². The SMILES string of the molecule is Cc1nc(Br)c(Br)n1COCC[Si](C)(C)C. The van der Waals surface area contributed by atoms with Gasteiger partial charge in [-0.05, 0) is 44.8 Å². The summed E-state index contributed by atoms with van der Waals surface area (Å²) in [6, 6.07) is 1.19. The molecule has 0 unspecified atom stereocenters. The third-order valence-electron chi connectivity index (χ3n) is 2.27. The zero-order valence-electron chi connectivity index (χ0n) is 10.2. The highest BCUT2D eigenvalue weighted by atomic mass is 79.9. The number of aryl methyl sites for hydroxylation is 1. The molecule has 0 amide bonds. The highest BCUT2D eigenvalue weighted by Gasteiger charge is 2.13. The molecular weight excluding hydrogens is 352 g/mol. The van der Waals surface area contributed by atoms with Crippen molar-refractivity contribution < 1.29 is 4.74 Å². The predicted octanol–water partition coefficient (Wildman–Crippen LogP) is 4.03. The van der Waals surface area contributed by atoms with Crippen LogP contribution in [0.3, 0.4) is 0 Å². The van der Waals surface area contributed by atoms with Gasteiger partial charge in [-0.1, -0.05) is 19.6 Å². The van der Waals surface area contributed by atoms with E-state index in [1.54, 1.807) is 0 Å². The van der Waals surface area contributed by atoms with Gasteiger partial charge < -0.3 is 4.74 Å². The molecule has 6 heteroatoms. The van der Waals surface area contributed by atoms with Crippen molar-refractivity contribution in [3.63, 3.8) is 0 Å². The molecule has 0 aliphatic heterocycles. The summed E-state index contributed by atoms with van der Waals surface area (Å²) in [6.07, 6.45) is 0. The predicted molar refractivity (Wildman–Crippen MR) is 76.5 cm³/mol. The van der Waals surface area contributed by atoms with Crippen LogP contribution >= 0.6 is 31.9 Å². The van der Waals surface area contributed by atoms with Crippen LogP contribution in [-0.4, -0.2) is 24.2 Å². The van der Waals surface area contributed by atoms with Crippen LogP contribution in [-0.2, 0) is 11.5 Å². The summed E-state index contributed by atoms with van der Waals surface area (Å²) in [5, 5.41) is 0. The lowest BCUT2D eigenvalue weighted by molar-refractivity contribution is 0.0843. The molecule has 0 spiro atoms. The first kappa shape index (κ1) is 14.4. The molecule has 92 valence electrons. The minimum Gasteiger partial charge on any atom is -0.361 e. The number of halogens is 2. The molecule has 1 aromatic heterocycles.